The van der Waals surface area contributed by atoms with Crippen LogP contribution in [0.15, 0.2) is 4.90 Å². The van der Waals surface area contributed by atoms with Crippen molar-refractivity contribution in [1.82, 2.24) is 0 Å². The van der Waals surface area contributed by atoms with Crippen LogP contribution < -0.4 is 4.74 Å². The molecule has 0 saturated carbocycles. The minimum atomic E-state index is -5.88. The van der Waals surface area contributed by atoms with Gasteiger partial charge in [0.2, 0.25) is 17.4 Å². The predicted molar refractivity (Wildman–Crippen MR) is 57.5 cm³/mol. The molecule has 0 aliphatic carbocycles. The van der Waals surface area contributed by atoms with E-state index in [2.05, 4.69) is 4.74 Å². The van der Waals surface area contributed by atoms with Crippen LogP contribution in [0.2, 0.25) is 0 Å². The molecular formula is C10H7F4O7S-. The summed E-state index contributed by atoms with van der Waals surface area (Å²) in [4.78, 5) is 8.88. The fraction of sp³-hybridized carbons (Fsp3) is 0.300. The van der Waals surface area contributed by atoms with Gasteiger partial charge >= 0.3 is 5.97 Å². The number of aliphatic hydroxyl groups excluding tert-OH is 2. The zero-order valence-corrected chi connectivity index (χ0v) is 11.2. The zero-order chi connectivity index (χ0) is 17.2. The van der Waals surface area contributed by atoms with Gasteiger partial charge < -0.3 is 19.5 Å². The number of hydrogen-bond acceptors (Lipinski definition) is 7. The molecule has 1 aromatic rings. The van der Waals surface area contributed by atoms with Crippen LogP contribution in [-0.2, 0) is 14.9 Å². The molecule has 0 aromatic heterocycles. The number of rotatable bonds is 5. The molecule has 1 rings (SSSR count). The van der Waals surface area contributed by atoms with Crippen molar-refractivity contribution in [1.29, 1.82) is 0 Å². The van der Waals surface area contributed by atoms with E-state index in [0.717, 1.165) is 0 Å². The second kappa shape index (κ2) is 6.56. The Morgan fingerprint density at radius 2 is 1.45 bits per heavy atom. The van der Waals surface area contributed by atoms with Crippen molar-refractivity contribution in [2.45, 2.75) is 4.90 Å². The average Bonchev–Trinajstić information content (AvgIpc) is 2.41. The molecule has 0 aliphatic heterocycles. The molecule has 12 heteroatoms. The summed E-state index contributed by atoms with van der Waals surface area (Å²) in [6, 6.07) is 0. The Balaban J connectivity index is 3.45. The summed E-state index contributed by atoms with van der Waals surface area (Å²) < 4.78 is 89.4. The molecule has 22 heavy (non-hydrogen) atoms. The van der Waals surface area contributed by atoms with Gasteiger partial charge in [-0.25, -0.2) is 17.2 Å². The minimum absolute atomic E-state index is 1.00. The van der Waals surface area contributed by atoms with Crippen LogP contribution in [0.1, 0.15) is 0 Å². The molecule has 0 radical (unpaired) electrons. The van der Waals surface area contributed by atoms with E-state index in [0.29, 0.717) is 0 Å². The molecule has 0 amide bonds. The Morgan fingerprint density at radius 1 is 1.05 bits per heavy atom. The van der Waals surface area contributed by atoms with Gasteiger partial charge in [-0.1, -0.05) is 0 Å². The number of hydrogen-bond donors (Lipinski definition) is 2. The molecular weight excluding hydrogens is 340 g/mol. The highest BCUT2D eigenvalue weighted by Crippen LogP contribution is 2.32. The molecule has 0 fully saturated rings. The fourth-order valence-electron chi connectivity index (χ4n) is 1.29. The Bertz CT molecular complexity index is 671. The van der Waals surface area contributed by atoms with Crippen LogP contribution in [0.4, 0.5) is 17.6 Å². The monoisotopic (exact) mass is 347 g/mol. The van der Waals surface area contributed by atoms with E-state index in [1.54, 1.807) is 0 Å². The maximum absolute atomic E-state index is 13.5. The molecule has 124 valence electrons. The molecule has 0 saturated heterocycles. The SMILES string of the molecule is O=C(Oc1c(F)c(F)c(S(=O)(=O)[O-])c(F)c1F)C(CO)CO. The van der Waals surface area contributed by atoms with Crippen LogP contribution in [0.5, 0.6) is 5.75 Å². The zero-order valence-electron chi connectivity index (χ0n) is 10.3. The first-order valence-corrected chi connectivity index (χ1v) is 6.72. The number of benzene rings is 1. The van der Waals surface area contributed by atoms with E-state index in [4.69, 9.17) is 10.2 Å². The van der Waals surface area contributed by atoms with Crippen molar-refractivity contribution in [2.24, 2.45) is 5.92 Å². The first-order chi connectivity index (χ1) is 10.1. The molecule has 0 aliphatic rings. The summed E-state index contributed by atoms with van der Waals surface area (Å²) in [5.74, 6) is -15.2. The molecule has 1 aromatic carbocycles. The van der Waals surface area contributed by atoms with Gasteiger partial charge in [0.1, 0.15) is 20.9 Å². The van der Waals surface area contributed by atoms with Gasteiger partial charge in [-0.15, -0.1) is 0 Å². The van der Waals surface area contributed by atoms with Gasteiger partial charge in [0.15, 0.2) is 11.6 Å². The maximum Gasteiger partial charge on any atom is 0.319 e. The quantitative estimate of drug-likeness (QED) is 0.245. The third kappa shape index (κ3) is 3.35. The van der Waals surface area contributed by atoms with E-state index in [-0.39, 0.29) is 0 Å². The molecule has 0 unspecified atom stereocenters. The third-order valence-corrected chi connectivity index (χ3v) is 3.27. The van der Waals surface area contributed by atoms with Gasteiger partial charge in [0, 0.05) is 0 Å². The van der Waals surface area contributed by atoms with Crippen molar-refractivity contribution >= 4 is 16.1 Å². The van der Waals surface area contributed by atoms with Crippen molar-refractivity contribution in [3.05, 3.63) is 23.3 Å². The van der Waals surface area contributed by atoms with Gasteiger partial charge in [0.25, 0.3) is 0 Å². The third-order valence-electron chi connectivity index (χ3n) is 2.41. The minimum Gasteiger partial charge on any atom is -0.744 e. The summed E-state index contributed by atoms with van der Waals surface area (Å²) in [6.45, 7) is -2.01. The van der Waals surface area contributed by atoms with E-state index in [9.17, 15) is 35.3 Å². The highest BCUT2D eigenvalue weighted by molar-refractivity contribution is 7.85. The summed E-state index contributed by atoms with van der Waals surface area (Å²) in [7, 11) is -5.88. The van der Waals surface area contributed by atoms with Crippen molar-refractivity contribution < 1.29 is 50.3 Å². The number of ether oxygens (including phenoxy) is 1. The van der Waals surface area contributed by atoms with E-state index in [1.807, 2.05) is 0 Å². The summed E-state index contributed by atoms with van der Waals surface area (Å²) >= 11 is 0. The highest BCUT2D eigenvalue weighted by Gasteiger charge is 2.32. The second-order valence-electron chi connectivity index (χ2n) is 3.85. The van der Waals surface area contributed by atoms with Gasteiger partial charge in [-0.2, -0.15) is 8.78 Å². The van der Waals surface area contributed by atoms with Crippen LogP contribution in [0.25, 0.3) is 0 Å². The lowest BCUT2D eigenvalue weighted by Crippen LogP contribution is -2.28. The molecule has 2 N–H and O–H groups in total. The molecule has 0 heterocycles. The topological polar surface area (TPSA) is 124 Å². The normalized spacial score (nSPS) is 11.8. The number of aliphatic hydroxyl groups is 2. The average molecular weight is 347 g/mol. The first kappa shape index (κ1) is 18.3. The van der Waals surface area contributed by atoms with Crippen molar-refractivity contribution in [3.8, 4) is 5.75 Å². The Kier molecular flexibility index (Phi) is 5.45. The maximum atomic E-state index is 13.5. The number of halogens is 4. The number of esters is 1. The van der Waals surface area contributed by atoms with Gasteiger partial charge in [0.05, 0.1) is 13.2 Å². The summed E-state index contributed by atoms with van der Waals surface area (Å²) in [5.41, 5.74) is 0. The van der Waals surface area contributed by atoms with Crippen LogP contribution >= 0.6 is 0 Å². The lowest BCUT2D eigenvalue weighted by atomic mass is 10.2. The van der Waals surface area contributed by atoms with Crippen LogP contribution in [0, 0.1) is 29.2 Å². The van der Waals surface area contributed by atoms with Gasteiger partial charge in [-0.05, 0) is 0 Å². The Hall–Kier alpha value is -1.76. The molecule has 0 bridgehead atoms. The molecule has 0 spiro atoms. The lowest BCUT2D eigenvalue weighted by Gasteiger charge is -2.15. The second-order valence-corrected chi connectivity index (χ2v) is 5.17. The number of carbonyl (C=O) groups is 1. The molecule has 0 atom stereocenters. The standard InChI is InChI=1S/C10H8F4O7S/c11-4-6(13)9(22(18,19)20)7(14)5(12)8(4)21-10(17)3(1-15)2-16/h3,15-16H,1-2H2,(H,18,19,20)/p-1. The Labute approximate surface area is 120 Å². The van der Waals surface area contributed by atoms with E-state index in [1.165, 1.54) is 0 Å². The smallest absolute Gasteiger partial charge is 0.319 e. The summed E-state index contributed by atoms with van der Waals surface area (Å²) in [5, 5.41) is 17.3. The van der Waals surface area contributed by atoms with E-state index >= 15 is 0 Å². The van der Waals surface area contributed by atoms with Gasteiger partial charge in [-0.3, -0.25) is 4.79 Å². The van der Waals surface area contributed by atoms with Crippen molar-refractivity contribution in [3.63, 3.8) is 0 Å². The summed E-state index contributed by atoms with van der Waals surface area (Å²) in [6.07, 6.45) is 0. The highest BCUT2D eigenvalue weighted by atomic mass is 32.2. The van der Waals surface area contributed by atoms with E-state index < -0.39 is 69.1 Å². The Morgan fingerprint density at radius 3 is 1.77 bits per heavy atom. The van der Waals surface area contributed by atoms with Crippen LogP contribution in [-0.4, -0.2) is 42.4 Å². The number of carbonyl (C=O) groups excluding carboxylic acids is 1. The lowest BCUT2D eigenvalue weighted by molar-refractivity contribution is -0.142. The predicted octanol–water partition coefficient (Wildman–Crippen LogP) is -0.347. The van der Waals surface area contributed by atoms with Crippen LogP contribution in [0.3, 0.4) is 0 Å². The molecule has 7 nitrogen and oxygen atoms in total. The van der Waals surface area contributed by atoms with Crippen molar-refractivity contribution in [2.75, 3.05) is 13.2 Å². The largest absolute Gasteiger partial charge is 0.744 e. The first-order valence-electron chi connectivity index (χ1n) is 5.31. The fourth-order valence-corrected chi connectivity index (χ4v) is 1.91.